The monoisotopic (exact) mass is 548 g/mol. The summed E-state index contributed by atoms with van der Waals surface area (Å²) in [5.41, 5.74) is 2.68. The summed E-state index contributed by atoms with van der Waals surface area (Å²) in [6.07, 6.45) is 8.58. The van der Waals surface area contributed by atoms with Crippen LogP contribution in [0.1, 0.15) is 24.1 Å². The molecule has 10 nitrogen and oxygen atoms in total. The van der Waals surface area contributed by atoms with E-state index in [0.717, 1.165) is 49.8 Å². The van der Waals surface area contributed by atoms with E-state index in [2.05, 4.69) is 35.5 Å². The second-order valence-corrected chi connectivity index (χ2v) is 10.7. The summed E-state index contributed by atoms with van der Waals surface area (Å²) in [4.78, 5) is 45.0. The first-order valence-corrected chi connectivity index (χ1v) is 13.5. The van der Waals surface area contributed by atoms with Crippen LogP contribution in [0, 0.1) is 11.7 Å². The molecule has 0 saturated carbocycles. The summed E-state index contributed by atoms with van der Waals surface area (Å²) < 4.78 is 15.2. The fraction of sp³-hybridized carbons (Fsp3) is 0.333. The molecule has 2 fully saturated rings. The van der Waals surface area contributed by atoms with E-state index in [4.69, 9.17) is 0 Å². The zero-order valence-electron chi connectivity index (χ0n) is 21.7. The number of aromatic nitrogens is 4. The number of nitrogens with zero attached hydrogens (tertiary/aromatic N) is 6. The van der Waals surface area contributed by atoms with Crippen molar-refractivity contribution in [2.24, 2.45) is 5.92 Å². The first kappa shape index (κ1) is 26.7. The quantitative estimate of drug-likeness (QED) is 0.406. The number of nitrogens with one attached hydrogen (secondary N) is 2. The smallest absolute Gasteiger partial charge is 0.290 e. The minimum Gasteiger partial charge on any atom is -0.360 e. The molecule has 0 aromatic carbocycles. The highest BCUT2D eigenvalue weighted by Gasteiger charge is 2.26. The minimum atomic E-state index is -0.406. The highest BCUT2D eigenvalue weighted by Crippen LogP contribution is 2.27. The van der Waals surface area contributed by atoms with E-state index in [0.29, 0.717) is 46.1 Å². The normalized spacial score (nSPS) is 17.1. The van der Waals surface area contributed by atoms with Crippen molar-refractivity contribution in [3.8, 4) is 11.3 Å². The van der Waals surface area contributed by atoms with Crippen LogP contribution >= 0.6 is 11.8 Å². The maximum absolute atomic E-state index is 15.2. The molecule has 5 rings (SSSR count). The third-order valence-electron chi connectivity index (χ3n) is 6.63. The molecule has 0 atom stereocenters. The number of imide groups is 1. The highest BCUT2D eigenvalue weighted by molar-refractivity contribution is 8.18. The SMILES string of the molecule is CN(C)c1nc(-c2cccnc2)cc(CNCC2CCN(c3nccc(/C=C4\SC(=O)NC4=O)n3)CC2)c1F. The van der Waals surface area contributed by atoms with Gasteiger partial charge in [0.1, 0.15) is 0 Å². The Bertz CT molecular complexity index is 1390. The van der Waals surface area contributed by atoms with Gasteiger partial charge in [-0.2, -0.15) is 0 Å². The van der Waals surface area contributed by atoms with Gasteiger partial charge in [0.2, 0.25) is 5.95 Å². The van der Waals surface area contributed by atoms with Gasteiger partial charge < -0.3 is 15.1 Å². The summed E-state index contributed by atoms with van der Waals surface area (Å²) in [6.45, 7) is 2.75. The number of halogens is 1. The Morgan fingerprint density at radius 1 is 1.21 bits per heavy atom. The first-order valence-electron chi connectivity index (χ1n) is 12.7. The Morgan fingerprint density at radius 3 is 2.72 bits per heavy atom. The molecule has 2 saturated heterocycles. The third kappa shape index (κ3) is 6.40. The molecule has 3 aromatic heterocycles. The maximum atomic E-state index is 15.2. The fourth-order valence-corrected chi connectivity index (χ4v) is 5.22. The predicted molar refractivity (Wildman–Crippen MR) is 150 cm³/mol. The second kappa shape index (κ2) is 11.9. The van der Waals surface area contributed by atoms with Gasteiger partial charge in [-0.15, -0.1) is 0 Å². The number of hydrogen-bond donors (Lipinski definition) is 2. The molecule has 2 N–H and O–H groups in total. The number of anilines is 2. The zero-order chi connectivity index (χ0) is 27.4. The molecule has 2 amide bonds. The molecular weight excluding hydrogens is 519 g/mol. The number of thioether (sulfide) groups is 1. The lowest BCUT2D eigenvalue weighted by molar-refractivity contribution is -0.115. The second-order valence-electron chi connectivity index (χ2n) is 9.64. The Morgan fingerprint density at radius 2 is 2.03 bits per heavy atom. The summed E-state index contributed by atoms with van der Waals surface area (Å²) in [5, 5.41) is 5.31. The molecule has 2 aliphatic rings. The number of rotatable bonds is 8. The van der Waals surface area contributed by atoms with E-state index >= 15 is 4.39 Å². The molecule has 2 aliphatic heterocycles. The van der Waals surface area contributed by atoms with Crippen molar-refractivity contribution in [2.75, 3.05) is 43.5 Å². The number of hydrogen-bond acceptors (Lipinski definition) is 10. The largest absolute Gasteiger partial charge is 0.360 e. The molecule has 0 spiro atoms. The van der Waals surface area contributed by atoms with Crippen LogP contribution in [0.25, 0.3) is 17.3 Å². The van der Waals surface area contributed by atoms with Crippen LogP contribution in [-0.4, -0.2) is 64.8 Å². The first-order chi connectivity index (χ1) is 18.9. The van der Waals surface area contributed by atoms with Gasteiger partial charge >= 0.3 is 0 Å². The molecule has 0 aliphatic carbocycles. The van der Waals surface area contributed by atoms with Crippen LogP contribution in [0.5, 0.6) is 0 Å². The predicted octanol–water partition coefficient (Wildman–Crippen LogP) is 3.47. The van der Waals surface area contributed by atoms with Gasteiger partial charge in [-0.1, -0.05) is 0 Å². The molecule has 5 heterocycles. The minimum absolute atomic E-state index is 0.304. The zero-order valence-corrected chi connectivity index (χ0v) is 22.5. The van der Waals surface area contributed by atoms with Crippen LogP contribution in [-0.2, 0) is 11.3 Å². The average Bonchev–Trinajstić information content (AvgIpc) is 3.26. The molecule has 0 unspecified atom stereocenters. The Balaban J connectivity index is 1.17. The van der Waals surface area contributed by atoms with Gasteiger partial charge in [0, 0.05) is 63.4 Å². The summed E-state index contributed by atoms with van der Waals surface area (Å²) in [7, 11) is 3.57. The lowest BCUT2D eigenvalue weighted by Crippen LogP contribution is -2.38. The topological polar surface area (TPSA) is 116 Å². The molecule has 12 heteroatoms. The van der Waals surface area contributed by atoms with E-state index < -0.39 is 5.91 Å². The van der Waals surface area contributed by atoms with Crippen molar-refractivity contribution >= 4 is 40.8 Å². The Labute approximate surface area is 230 Å². The molecule has 39 heavy (non-hydrogen) atoms. The Kier molecular flexibility index (Phi) is 8.13. The van der Waals surface area contributed by atoms with Crippen LogP contribution in [0.3, 0.4) is 0 Å². The van der Waals surface area contributed by atoms with E-state index in [9.17, 15) is 9.59 Å². The standard InChI is InChI=1S/C27H29FN8O2S/c1-35(2)24-23(28)19(12-21(33-24)18-4-3-8-29-15-18)16-30-14-17-6-10-36(11-7-17)26-31-9-5-20(32-26)13-22-25(37)34-27(38)39-22/h3-5,8-9,12-13,15,17,30H,6-7,10-11,14,16H2,1-2H3,(H,34,37,38)/b22-13-. The van der Waals surface area contributed by atoms with Gasteiger partial charge in [0.05, 0.1) is 16.3 Å². The van der Waals surface area contributed by atoms with Gasteiger partial charge in [0.15, 0.2) is 11.6 Å². The number of pyridine rings is 2. The van der Waals surface area contributed by atoms with Gasteiger partial charge in [-0.3, -0.25) is 19.9 Å². The van der Waals surface area contributed by atoms with Crippen LogP contribution in [0.2, 0.25) is 0 Å². The van der Waals surface area contributed by atoms with E-state index in [1.54, 1.807) is 55.8 Å². The van der Waals surface area contributed by atoms with Crippen LogP contribution < -0.4 is 20.4 Å². The highest BCUT2D eigenvalue weighted by atomic mass is 32.2. The molecule has 3 aromatic rings. The summed E-state index contributed by atoms with van der Waals surface area (Å²) in [6, 6.07) is 7.26. The number of amides is 2. The van der Waals surface area contributed by atoms with Crippen molar-refractivity contribution in [3.63, 3.8) is 0 Å². The third-order valence-corrected chi connectivity index (χ3v) is 7.44. The lowest BCUT2D eigenvalue weighted by Gasteiger charge is -2.32. The average molecular weight is 549 g/mol. The van der Waals surface area contributed by atoms with Gasteiger partial charge in [-0.05, 0) is 67.4 Å². The molecule has 0 bridgehead atoms. The number of piperidine rings is 1. The van der Waals surface area contributed by atoms with E-state index in [-0.39, 0.29) is 11.1 Å². The number of carbonyl (C=O) groups excluding carboxylic acids is 2. The van der Waals surface area contributed by atoms with Crippen molar-refractivity contribution in [1.29, 1.82) is 0 Å². The summed E-state index contributed by atoms with van der Waals surface area (Å²) in [5.74, 6) is 0.616. The van der Waals surface area contributed by atoms with E-state index in [1.165, 1.54) is 0 Å². The van der Waals surface area contributed by atoms with E-state index in [1.807, 2.05) is 12.1 Å². The van der Waals surface area contributed by atoms with Crippen molar-refractivity contribution < 1.29 is 14.0 Å². The van der Waals surface area contributed by atoms with Gasteiger partial charge in [0.25, 0.3) is 11.1 Å². The van der Waals surface area contributed by atoms with Crippen molar-refractivity contribution in [1.82, 2.24) is 30.6 Å². The fourth-order valence-electron chi connectivity index (χ4n) is 4.55. The van der Waals surface area contributed by atoms with Crippen molar-refractivity contribution in [3.05, 3.63) is 64.8 Å². The van der Waals surface area contributed by atoms with Crippen molar-refractivity contribution in [2.45, 2.75) is 19.4 Å². The molecular formula is C27H29FN8O2S. The maximum Gasteiger partial charge on any atom is 0.290 e. The summed E-state index contributed by atoms with van der Waals surface area (Å²) >= 11 is 0.867. The van der Waals surface area contributed by atoms with Crippen LogP contribution in [0.15, 0.2) is 47.8 Å². The van der Waals surface area contributed by atoms with Crippen LogP contribution in [0.4, 0.5) is 21.0 Å². The van der Waals surface area contributed by atoms with Gasteiger partial charge in [-0.25, -0.2) is 19.3 Å². The lowest BCUT2D eigenvalue weighted by atomic mass is 9.97. The molecule has 202 valence electrons. The molecule has 0 radical (unpaired) electrons. The number of carbonyl (C=O) groups is 2. The Hall–Kier alpha value is -3.90.